The molecule has 0 fully saturated rings. The smallest absolute Gasteiger partial charge is 0.457 e. The van der Waals surface area contributed by atoms with E-state index in [2.05, 4.69) is 0 Å². The second kappa shape index (κ2) is 5.52. The van der Waals surface area contributed by atoms with Crippen LogP contribution in [0, 0.1) is 17.1 Å². The van der Waals surface area contributed by atoms with Crippen LogP contribution < -0.4 is 10.2 Å². The predicted octanol–water partition coefficient (Wildman–Crippen LogP) is 1.17. The second-order valence-corrected chi connectivity index (χ2v) is 3.79. The number of rotatable bonds is 3. The number of hydrogen-bond acceptors (Lipinski definition) is 4. The molecule has 6 heteroatoms. The molecule has 0 spiro atoms. The fourth-order valence-electron chi connectivity index (χ4n) is 1.59. The molecule has 2 aromatic carbocycles. The van der Waals surface area contributed by atoms with Gasteiger partial charge in [0.2, 0.25) is 0 Å². The van der Waals surface area contributed by atoms with E-state index in [1.165, 1.54) is 36.4 Å². The summed E-state index contributed by atoms with van der Waals surface area (Å²) in [7, 11) is -1.72. The van der Waals surface area contributed by atoms with Crippen LogP contribution in [0.5, 0.6) is 11.5 Å². The highest BCUT2D eigenvalue weighted by molar-refractivity contribution is 6.59. The van der Waals surface area contributed by atoms with E-state index in [0.29, 0.717) is 11.5 Å². The standard InChI is InChI=1S/C13H9BFNO3/c15-10-2-1-3-11(7-10)19-12-4-5-13(14(17)18)9(6-12)8-16/h1-7,17-18H. The molecule has 0 amide bonds. The minimum atomic E-state index is -1.72. The quantitative estimate of drug-likeness (QED) is 0.809. The first-order valence-corrected chi connectivity index (χ1v) is 5.44. The van der Waals surface area contributed by atoms with Crippen LogP contribution in [0.2, 0.25) is 0 Å². The third-order valence-electron chi connectivity index (χ3n) is 2.46. The average Bonchev–Trinajstić information content (AvgIpc) is 2.38. The van der Waals surface area contributed by atoms with E-state index < -0.39 is 12.9 Å². The summed E-state index contributed by atoms with van der Waals surface area (Å²) in [6.45, 7) is 0. The van der Waals surface area contributed by atoms with E-state index in [-0.39, 0.29) is 11.0 Å². The lowest BCUT2D eigenvalue weighted by Crippen LogP contribution is -2.32. The monoisotopic (exact) mass is 257 g/mol. The molecule has 0 aliphatic rings. The Labute approximate surface area is 109 Å². The molecule has 2 rings (SSSR count). The van der Waals surface area contributed by atoms with Crippen LogP contribution in [0.1, 0.15) is 5.56 Å². The normalized spacial score (nSPS) is 9.79. The zero-order chi connectivity index (χ0) is 13.8. The zero-order valence-corrected chi connectivity index (χ0v) is 9.75. The van der Waals surface area contributed by atoms with Gasteiger partial charge in [0.25, 0.3) is 0 Å². The van der Waals surface area contributed by atoms with Crippen molar-refractivity contribution < 1.29 is 19.2 Å². The molecule has 4 nitrogen and oxygen atoms in total. The highest BCUT2D eigenvalue weighted by Gasteiger charge is 2.16. The summed E-state index contributed by atoms with van der Waals surface area (Å²) in [6, 6.07) is 11.6. The summed E-state index contributed by atoms with van der Waals surface area (Å²) in [5, 5.41) is 27.0. The van der Waals surface area contributed by atoms with E-state index in [4.69, 9.17) is 20.0 Å². The second-order valence-electron chi connectivity index (χ2n) is 3.79. The van der Waals surface area contributed by atoms with Gasteiger partial charge in [-0.2, -0.15) is 5.26 Å². The van der Waals surface area contributed by atoms with Crippen molar-refractivity contribution in [3.8, 4) is 17.6 Å². The Kier molecular flexibility index (Phi) is 3.80. The molecular formula is C13H9BFNO3. The number of nitrogens with zero attached hydrogens (tertiary/aromatic N) is 1. The van der Waals surface area contributed by atoms with Crippen LogP contribution in [-0.2, 0) is 0 Å². The topological polar surface area (TPSA) is 73.5 Å². The van der Waals surface area contributed by atoms with Crippen molar-refractivity contribution in [2.24, 2.45) is 0 Å². The van der Waals surface area contributed by atoms with Crippen LogP contribution in [0.25, 0.3) is 0 Å². The molecule has 0 radical (unpaired) electrons. The number of nitriles is 1. The molecule has 0 aliphatic heterocycles. The maximum absolute atomic E-state index is 13.0. The maximum Gasteiger partial charge on any atom is 0.489 e. The first-order valence-electron chi connectivity index (χ1n) is 5.44. The Morgan fingerprint density at radius 1 is 1.11 bits per heavy atom. The van der Waals surface area contributed by atoms with Gasteiger partial charge < -0.3 is 14.8 Å². The third-order valence-corrected chi connectivity index (χ3v) is 2.46. The summed E-state index contributed by atoms with van der Waals surface area (Å²) in [5.41, 5.74) is 0.179. The molecule has 0 heterocycles. The van der Waals surface area contributed by atoms with Gasteiger partial charge in [0, 0.05) is 11.5 Å². The van der Waals surface area contributed by atoms with Gasteiger partial charge in [-0.05, 0) is 24.3 Å². The summed E-state index contributed by atoms with van der Waals surface area (Å²) in [6.07, 6.45) is 0. The first kappa shape index (κ1) is 13.1. The van der Waals surface area contributed by atoms with Crippen molar-refractivity contribution >= 4 is 12.6 Å². The molecule has 2 N–H and O–H groups in total. The van der Waals surface area contributed by atoms with Gasteiger partial charge in [0.05, 0.1) is 11.6 Å². The highest BCUT2D eigenvalue weighted by atomic mass is 19.1. The van der Waals surface area contributed by atoms with Crippen LogP contribution in [0.4, 0.5) is 4.39 Å². The van der Waals surface area contributed by atoms with Crippen LogP contribution in [0.15, 0.2) is 42.5 Å². The zero-order valence-electron chi connectivity index (χ0n) is 9.75. The average molecular weight is 257 g/mol. The fourth-order valence-corrected chi connectivity index (χ4v) is 1.59. The van der Waals surface area contributed by atoms with Crippen LogP contribution in [0.3, 0.4) is 0 Å². The van der Waals surface area contributed by atoms with E-state index in [9.17, 15) is 4.39 Å². The molecule has 94 valence electrons. The lowest BCUT2D eigenvalue weighted by molar-refractivity contribution is 0.425. The van der Waals surface area contributed by atoms with Gasteiger partial charge in [-0.1, -0.05) is 12.1 Å². The number of hydrogen-bond donors (Lipinski definition) is 2. The van der Waals surface area contributed by atoms with Crippen LogP contribution >= 0.6 is 0 Å². The Morgan fingerprint density at radius 3 is 2.47 bits per heavy atom. The minimum Gasteiger partial charge on any atom is -0.457 e. The molecule has 19 heavy (non-hydrogen) atoms. The van der Waals surface area contributed by atoms with Crippen molar-refractivity contribution in [3.63, 3.8) is 0 Å². The van der Waals surface area contributed by atoms with Gasteiger partial charge in [-0.25, -0.2) is 4.39 Å². The van der Waals surface area contributed by atoms with Crippen molar-refractivity contribution in [3.05, 3.63) is 53.8 Å². The van der Waals surface area contributed by atoms with Gasteiger partial charge in [-0.3, -0.25) is 0 Å². The van der Waals surface area contributed by atoms with Gasteiger partial charge in [0.15, 0.2) is 0 Å². The molecule has 0 saturated heterocycles. The van der Waals surface area contributed by atoms with Crippen molar-refractivity contribution in [2.45, 2.75) is 0 Å². The van der Waals surface area contributed by atoms with Gasteiger partial charge >= 0.3 is 7.12 Å². The Bertz CT molecular complexity index is 640. The Balaban J connectivity index is 2.30. The van der Waals surface area contributed by atoms with E-state index in [1.54, 1.807) is 6.07 Å². The number of benzene rings is 2. The number of halogens is 1. The lowest BCUT2D eigenvalue weighted by atomic mass is 9.77. The summed E-state index contributed by atoms with van der Waals surface area (Å²) < 4.78 is 18.4. The van der Waals surface area contributed by atoms with Crippen molar-refractivity contribution in [1.29, 1.82) is 5.26 Å². The molecule has 0 aliphatic carbocycles. The fraction of sp³-hybridized carbons (Fsp3) is 0. The van der Waals surface area contributed by atoms with Gasteiger partial charge in [-0.15, -0.1) is 0 Å². The first-order chi connectivity index (χ1) is 9.10. The van der Waals surface area contributed by atoms with Crippen LogP contribution in [-0.4, -0.2) is 17.2 Å². The number of ether oxygens (including phenoxy) is 1. The van der Waals surface area contributed by atoms with Crippen molar-refractivity contribution in [1.82, 2.24) is 0 Å². The summed E-state index contributed by atoms with van der Waals surface area (Å²) in [4.78, 5) is 0. The van der Waals surface area contributed by atoms with E-state index in [1.807, 2.05) is 6.07 Å². The lowest BCUT2D eigenvalue weighted by Gasteiger charge is -2.08. The summed E-state index contributed by atoms with van der Waals surface area (Å²) >= 11 is 0. The minimum absolute atomic E-state index is 0.0869. The Morgan fingerprint density at radius 2 is 1.84 bits per heavy atom. The Hall–Kier alpha value is -2.36. The molecule has 0 bridgehead atoms. The molecule has 0 unspecified atom stereocenters. The molecule has 0 saturated carbocycles. The third kappa shape index (κ3) is 3.10. The van der Waals surface area contributed by atoms with Crippen molar-refractivity contribution in [2.75, 3.05) is 0 Å². The predicted molar refractivity (Wildman–Crippen MR) is 67.5 cm³/mol. The molecule has 2 aromatic rings. The SMILES string of the molecule is N#Cc1cc(Oc2cccc(F)c2)ccc1B(O)O. The van der Waals surface area contributed by atoms with E-state index in [0.717, 1.165) is 0 Å². The largest absolute Gasteiger partial charge is 0.489 e. The van der Waals surface area contributed by atoms with Gasteiger partial charge in [0.1, 0.15) is 17.3 Å². The summed E-state index contributed by atoms with van der Waals surface area (Å²) in [5.74, 6) is 0.174. The molecule has 0 aromatic heterocycles. The maximum atomic E-state index is 13.0. The van der Waals surface area contributed by atoms with E-state index >= 15 is 0 Å². The molecule has 0 atom stereocenters. The molecular weight excluding hydrogens is 248 g/mol. The highest BCUT2D eigenvalue weighted by Crippen LogP contribution is 2.22.